The van der Waals surface area contributed by atoms with Gasteiger partial charge in [-0.3, -0.25) is 0 Å². The first kappa shape index (κ1) is 12.7. The fourth-order valence-electron chi connectivity index (χ4n) is 1.35. The summed E-state index contributed by atoms with van der Waals surface area (Å²) in [5.41, 5.74) is 0.465. The molecule has 2 N–H and O–H groups in total. The lowest BCUT2D eigenvalue weighted by Crippen LogP contribution is -1.96. The molecule has 0 aromatic carbocycles. The Bertz CT molecular complexity index is 594. The number of anilines is 2. The molecule has 0 aliphatic heterocycles. The molecule has 94 valence electrons. The van der Waals surface area contributed by atoms with E-state index in [0.29, 0.717) is 27.6 Å². The number of thiazole rings is 1. The predicted octanol–water partition coefficient (Wildman–Crippen LogP) is 2.65. The van der Waals surface area contributed by atoms with Crippen LogP contribution in [-0.2, 0) is 0 Å². The van der Waals surface area contributed by atoms with Crippen LogP contribution in [0.15, 0.2) is 6.07 Å². The lowest BCUT2D eigenvalue weighted by atomic mass is 10.4. The van der Waals surface area contributed by atoms with E-state index in [1.165, 1.54) is 0 Å². The highest BCUT2D eigenvalue weighted by molar-refractivity contribution is 7.17. The molecular formula is C10H9ClN4O2S. The molecule has 2 aromatic heterocycles. The lowest BCUT2D eigenvalue weighted by molar-refractivity contribution is 0.0701. The molecule has 0 atom stereocenters. The minimum absolute atomic E-state index is 0.203. The van der Waals surface area contributed by atoms with E-state index in [4.69, 9.17) is 16.7 Å². The molecule has 2 aromatic rings. The van der Waals surface area contributed by atoms with Crippen LogP contribution in [0, 0.1) is 13.8 Å². The minimum Gasteiger partial charge on any atom is -0.477 e. The summed E-state index contributed by atoms with van der Waals surface area (Å²) in [6, 6.07) is 1.55. The molecule has 0 bridgehead atoms. The fourth-order valence-corrected chi connectivity index (χ4v) is 2.39. The first-order valence-corrected chi connectivity index (χ1v) is 6.14. The molecule has 0 saturated carbocycles. The van der Waals surface area contributed by atoms with Gasteiger partial charge in [0.25, 0.3) is 0 Å². The summed E-state index contributed by atoms with van der Waals surface area (Å²) in [5.74, 6) is 0.0184. The molecule has 2 rings (SSSR count). The molecule has 0 unspecified atom stereocenters. The van der Waals surface area contributed by atoms with Crippen LogP contribution < -0.4 is 5.32 Å². The van der Waals surface area contributed by atoms with Gasteiger partial charge in [-0.05, 0) is 13.8 Å². The number of halogens is 1. The second kappa shape index (κ2) is 4.87. The lowest BCUT2D eigenvalue weighted by Gasteiger charge is -2.02. The van der Waals surface area contributed by atoms with Crippen LogP contribution in [0.3, 0.4) is 0 Å². The van der Waals surface area contributed by atoms with Crippen LogP contribution >= 0.6 is 22.9 Å². The van der Waals surface area contributed by atoms with Crippen LogP contribution in [0.2, 0.25) is 5.15 Å². The van der Waals surface area contributed by atoms with Gasteiger partial charge in [0.2, 0.25) is 0 Å². The zero-order chi connectivity index (χ0) is 13.3. The van der Waals surface area contributed by atoms with Crippen molar-refractivity contribution in [1.82, 2.24) is 15.0 Å². The van der Waals surface area contributed by atoms with E-state index in [2.05, 4.69) is 20.3 Å². The van der Waals surface area contributed by atoms with Gasteiger partial charge < -0.3 is 10.4 Å². The van der Waals surface area contributed by atoms with Crippen molar-refractivity contribution in [3.8, 4) is 0 Å². The zero-order valence-corrected chi connectivity index (χ0v) is 11.1. The number of nitrogens with zero attached hydrogens (tertiary/aromatic N) is 3. The molecule has 0 amide bonds. The molecule has 6 nitrogen and oxygen atoms in total. The molecule has 0 radical (unpaired) electrons. The SMILES string of the molecule is Cc1nc(Cl)cc(Nc2nc(C)c(C(=O)O)s2)n1. The standard InChI is InChI=1S/C10H9ClN4O2S/c1-4-8(9(16)17)18-10(12-4)15-7-3-6(11)13-5(2)14-7/h3H,1-2H3,(H,16,17)(H,12,13,14,15). The Morgan fingerprint density at radius 2 is 2.11 bits per heavy atom. The Labute approximate surface area is 112 Å². The van der Waals surface area contributed by atoms with Crippen molar-refractivity contribution >= 4 is 39.9 Å². The van der Waals surface area contributed by atoms with Crippen LogP contribution in [-0.4, -0.2) is 26.0 Å². The summed E-state index contributed by atoms with van der Waals surface area (Å²) in [4.78, 5) is 23.3. The summed E-state index contributed by atoms with van der Waals surface area (Å²) >= 11 is 6.85. The van der Waals surface area contributed by atoms with Gasteiger partial charge in [0.05, 0.1) is 5.69 Å². The predicted molar refractivity (Wildman–Crippen MR) is 68.9 cm³/mol. The Hall–Kier alpha value is -1.73. The summed E-state index contributed by atoms with van der Waals surface area (Å²) in [6.07, 6.45) is 0. The van der Waals surface area contributed by atoms with E-state index >= 15 is 0 Å². The highest BCUT2D eigenvalue weighted by atomic mass is 35.5. The average Bonchev–Trinajstić information content (AvgIpc) is 2.57. The summed E-state index contributed by atoms with van der Waals surface area (Å²) in [5, 5.41) is 12.6. The number of aromatic nitrogens is 3. The highest BCUT2D eigenvalue weighted by Crippen LogP contribution is 2.25. The second-order valence-electron chi connectivity index (χ2n) is 3.49. The molecule has 0 spiro atoms. The molecular weight excluding hydrogens is 276 g/mol. The van der Waals surface area contributed by atoms with E-state index in [1.54, 1.807) is 19.9 Å². The number of carbonyl (C=O) groups is 1. The van der Waals surface area contributed by atoms with Crippen molar-refractivity contribution in [3.63, 3.8) is 0 Å². The maximum atomic E-state index is 10.9. The monoisotopic (exact) mass is 284 g/mol. The number of carboxylic acid groups (broad SMARTS) is 1. The third kappa shape index (κ3) is 2.74. The van der Waals surface area contributed by atoms with Gasteiger partial charge >= 0.3 is 5.97 Å². The number of rotatable bonds is 3. The normalized spacial score (nSPS) is 10.4. The molecule has 0 fully saturated rings. The third-order valence-corrected chi connectivity index (χ3v) is 3.29. The zero-order valence-electron chi connectivity index (χ0n) is 9.56. The van der Waals surface area contributed by atoms with E-state index in [-0.39, 0.29) is 4.88 Å². The van der Waals surface area contributed by atoms with Crippen molar-refractivity contribution < 1.29 is 9.90 Å². The smallest absolute Gasteiger partial charge is 0.347 e. The van der Waals surface area contributed by atoms with Crippen LogP contribution in [0.25, 0.3) is 0 Å². The second-order valence-corrected chi connectivity index (χ2v) is 4.87. The molecule has 2 heterocycles. The molecule has 8 heteroatoms. The van der Waals surface area contributed by atoms with Crippen molar-refractivity contribution in [2.75, 3.05) is 5.32 Å². The summed E-state index contributed by atoms with van der Waals surface area (Å²) in [7, 11) is 0. The molecule has 0 aliphatic rings. The number of carboxylic acids is 1. The van der Waals surface area contributed by atoms with Crippen molar-refractivity contribution in [1.29, 1.82) is 0 Å². The first-order chi connectivity index (χ1) is 8.45. The fraction of sp³-hybridized carbons (Fsp3) is 0.200. The van der Waals surface area contributed by atoms with Gasteiger partial charge in [-0.1, -0.05) is 22.9 Å². The average molecular weight is 285 g/mol. The number of aromatic carboxylic acids is 1. The quantitative estimate of drug-likeness (QED) is 0.843. The highest BCUT2D eigenvalue weighted by Gasteiger charge is 2.14. The Morgan fingerprint density at radius 1 is 1.39 bits per heavy atom. The number of aryl methyl sites for hydroxylation is 2. The van der Waals surface area contributed by atoms with Crippen LogP contribution in [0.4, 0.5) is 10.9 Å². The number of nitrogens with one attached hydrogen (secondary N) is 1. The largest absolute Gasteiger partial charge is 0.477 e. The van der Waals surface area contributed by atoms with Crippen molar-refractivity contribution in [2.45, 2.75) is 13.8 Å². The van der Waals surface area contributed by atoms with E-state index in [1.807, 2.05) is 0 Å². The van der Waals surface area contributed by atoms with Gasteiger partial charge in [0.15, 0.2) is 5.13 Å². The number of hydrogen-bond acceptors (Lipinski definition) is 6. The Morgan fingerprint density at radius 3 is 2.67 bits per heavy atom. The Balaban J connectivity index is 2.28. The topological polar surface area (TPSA) is 88.0 Å². The van der Waals surface area contributed by atoms with Crippen molar-refractivity contribution in [2.24, 2.45) is 0 Å². The molecule has 0 saturated heterocycles. The van der Waals surface area contributed by atoms with Gasteiger partial charge in [0.1, 0.15) is 21.7 Å². The molecule has 18 heavy (non-hydrogen) atoms. The van der Waals surface area contributed by atoms with Gasteiger partial charge in [-0.15, -0.1) is 0 Å². The minimum atomic E-state index is -0.991. The van der Waals surface area contributed by atoms with Crippen LogP contribution in [0.1, 0.15) is 21.2 Å². The van der Waals surface area contributed by atoms with E-state index in [9.17, 15) is 4.79 Å². The maximum absolute atomic E-state index is 10.9. The molecule has 0 aliphatic carbocycles. The van der Waals surface area contributed by atoms with Crippen molar-refractivity contribution in [3.05, 3.63) is 27.6 Å². The summed E-state index contributed by atoms with van der Waals surface area (Å²) in [6.45, 7) is 3.36. The van der Waals surface area contributed by atoms with Gasteiger partial charge in [-0.25, -0.2) is 19.7 Å². The third-order valence-electron chi connectivity index (χ3n) is 2.03. The van der Waals surface area contributed by atoms with Crippen LogP contribution in [0.5, 0.6) is 0 Å². The first-order valence-electron chi connectivity index (χ1n) is 4.94. The summed E-state index contributed by atoms with van der Waals surface area (Å²) < 4.78 is 0. The maximum Gasteiger partial charge on any atom is 0.347 e. The van der Waals surface area contributed by atoms with Gasteiger partial charge in [0, 0.05) is 6.07 Å². The number of hydrogen-bond donors (Lipinski definition) is 2. The van der Waals surface area contributed by atoms with Gasteiger partial charge in [-0.2, -0.15) is 0 Å². The van der Waals surface area contributed by atoms with E-state index in [0.717, 1.165) is 11.3 Å². The van der Waals surface area contributed by atoms with E-state index < -0.39 is 5.97 Å². The Kier molecular flexibility index (Phi) is 3.44.